The van der Waals surface area contributed by atoms with Gasteiger partial charge >= 0.3 is 0 Å². The van der Waals surface area contributed by atoms with Gasteiger partial charge in [-0.3, -0.25) is 4.79 Å². The number of nitrogens with one attached hydrogen (secondary N) is 1. The Kier molecular flexibility index (Phi) is 4.60. The van der Waals surface area contributed by atoms with Crippen LogP contribution in [0.4, 0.5) is 0 Å². The summed E-state index contributed by atoms with van der Waals surface area (Å²) in [6.07, 6.45) is 2.07. The van der Waals surface area contributed by atoms with Gasteiger partial charge in [-0.05, 0) is 43.8 Å². The molecular formula is C18H22N2OS. The molecule has 3 rings (SSSR count). The van der Waals surface area contributed by atoms with E-state index >= 15 is 0 Å². The van der Waals surface area contributed by atoms with Crippen molar-refractivity contribution in [2.45, 2.75) is 25.8 Å². The normalized spacial score (nSPS) is 16.0. The Hall–Kier alpha value is -1.65. The maximum absolute atomic E-state index is 12.8. The van der Waals surface area contributed by atoms with Gasteiger partial charge in [0.2, 0.25) is 0 Å². The maximum Gasteiger partial charge on any atom is 0.264 e. The van der Waals surface area contributed by atoms with E-state index in [0.717, 1.165) is 41.9 Å². The van der Waals surface area contributed by atoms with Gasteiger partial charge in [-0.2, -0.15) is 0 Å². The molecule has 1 aliphatic heterocycles. The second-order valence-electron chi connectivity index (χ2n) is 5.88. The molecule has 2 aromatic rings. The van der Waals surface area contributed by atoms with Crippen LogP contribution in [0.25, 0.3) is 11.1 Å². The highest BCUT2D eigenvalue weighted by atomic mass is 32.1. The average Bonchev–Trinajstić information content (AvgIpc) is 3.04. The molecule has 0 unspecified atom stereocenters. The van der Waals surface area contributed by atoms with Crippen molar-refractivity contribution in [1.82, 2.24) is 10.2 Å². The molecule has 4 heteroatoms. The molecule has 1 fully saturated rings. The molecule has 22 heavy (non-hydrogen) atoms. The van der Waals surface area contributed by atoms with Gasteiger partial charge in [0.1, 0.15) is 0 Å². The van der Waals surface area contributed by atoms with Gasteiger partial charge in [0.05, 0.1) is 4.88 Å². The summed E-state index contributed by atoms with van der Waals surface area (Å²) in [4.78, 5) is 15.7. The van der Waals surface area contributed by atoms with Crippen LogP contribution in [0.3, 0.4) is 0 Å². The third-order valence-corrected chi connectivity index (χ3v) is 5.31. The smallest absolute Gasteiger partial charge is 0.264 e. The SMILES string of the molecule is CNC1CCN(C(=O)c2sccc2-c2ccc(C)cc2)CC1. The Labute approximate surface area is 136 Å². The lowest BCUT2D eigenvalue weighted by Crippen LogP contribution is -2.43. The number of rotatable bonds is 3. The largest absolute Gasteiger partial charge is 0.338 e. The van der Waals surface area contributed by atoms with E-state index in [1.165, 1.54) is 5.56 Å². The van der Waals surface area contributed by atoms with Crippen LogP contribution in [0.5, 0.6) is 0 Å². The zero-order valence-electron chi connectivity index (χ0n) is 13.1. The van der Waals surface area contributed by atoms with E-state index in [1.807, 2.05) is 17.3 Å². The van der Waals surface area contributed by atoms with Crippen molar-refractivity contribution >= 4 is 17.2 Å². The van der Waals surface area contributed by atoms with E-state index in [2.05, 4.69) is 42.6 Å². The van der Waals surface area contributed by atoms with Gasteiger partial charge in [-0.25, -0.2) is 0 Å². The number of aryl methyl sites for hydroxylation is 1. The standard InChI is InChI=1S/C18H22N2OS/c1-13-3-5-14(6-4-13)16-9-12-22-17(16)18(21)20-10-7-15(19-2)8-11-20/h3-6,9,12,15,19H,7-8,10-11H2,1-2H3. The number of amides is 1. The van der Waals surface area contributed by atoms with Crippen LogP contribution in [-0.4, -0.2) is 37.0 Å². The lowest BCUT2D eigenvalue weighted by Gasteiger charge is -2.31. The fraction of sp³-hybridized carbons (Fsp3) is 0.389. The summed E-state index contributed by atoms with van der Waals surface area (Å²) in [5.41, 5.74) is 3.42. The van der Waals surface area contributed by atoms with Crippen LogP contribution in [0, 0.1) is 6.92 Å². The average molecular weight is 314 g/mol. The van der Waals surface area contributed by atoms with Crippen molar-refractivity contribution < 1.29 is 4.79 Å². The van der Waals surface area contributed by atoms with E-state index in [0.29, 0.717) is 6.04 Å². The predicted octanol–water partition coefficient (Wildman–Crippen LogP) is 3.55. The topological polar surface area (TPSA) is 32.3 Å². The first-order chi connectivity index (χ1) is 10.7. The van der Waals surface area contributed by atoms with Crippen molar-refractivity contribution in [1.29, 1.82) is 0 Å². The molecule has 0 atom stereocenters. The number of piperidine rings is 1. The van der Waals surface area contributed by atoms with Crippen molar-refractivity contribution in [3.8, 4) is 11.1 Å². The van der Waals surface area contributed by atoms with E-state index in [1.54, 1.807) is 11.3 Å². The molecule has 0 saturated carbocycles. The van der Waals surface area contributed by atoms with Gasteiger partial charge in [-0.15, -0.1) is 11.3 Å². The highest BCUT2D eigenvalue weighted by Crippen LogP contribution is 2.30. The summed E-state index contributed by atoms with van der Waals surface area (Å²) in [7, 11) is 2.00. The Morgan fingerprint density at radius 2 is 1.86 bits per heavy atom. The quantitative estimate of drug-likeness (QED) is 0.939. The van der Waals surface area contributed by atoms with Crippen molar-refractivity contribution in [3.63, 3.8) is 0 Å². The van der Waals surface area contributed by atoms with Gasteiger partial charge < -0.3 is 10.2 Å². The number of hydrogen-bond donors (Lipinski definition) is 1. The Morgan fingerprint density at radius 1 is 1.18 bits per heavy atom. The maximum atomic E-state index is 12.8. The van der Waals surface area contributed by atoms with E-state index in [4.69, 9.17) is 0 Å². The molecule has 0 spiro atoms. The molecule has 3 nitrogen and oxygen atoms in total. The lowest BCUT2D eigenvalue weighted by atomic mass is 10.0. The summed E-state index contributed by atoms with van der Waals surface area (Å²) in [5, 5.41) is 5.32. The molecule has 1 aliphatic rings. The minimum atomic E-state index is 0.181. The molecule has 1 amide bonds. The zero-order chi connectivity index (χ0) is 15.5. The molecule has 1 aromatic heterocycles. The summed E-state index contributed by atoms with van der Waals surface area (Å²) in [5.74, 6) is 0.181. The van der Waals surface area contributed by atoms with E-state index < -0.39 is 0 Å². The monoisotopic (exact) mass is 314 g/mol. The molecule has 1 aromatic carbocycles. The van der Waals surface area contributed by atoms with Crippen LogP contribution in [0.15, 0.2) is 35.7 Å². The molecular weight excluding hydrogens is 292 g/mol. The second-order valence-corrected chi connectivity index (χ2v) is 6.80. The number of likely N-dealkylation sites (tertiary alicyclic amines) is 1. The first kappa shape index (κ1) is 15.3. The van der Waals surface area contributed by atoms with E-state index in [9.17, 15) is 4.79 Å². The van der Waals surface area contributed by atoms with Crippen molar-refractivity contribution in [3.05, 3.63) is 46.2 Å². The van der Waals surface area contributed by atoms with Crippen molar-refractivity contribution in [2.75, 3.05) is 20.1 Å². The summed E-state index contributed by atoms with van der Waals surface area (Å²) in [6.45, 7) is 3.76. The van der Waals surface area contributed by atoms with Gasteiger partial charge in [0.15, 0.2) is 0 Å². The summed E-state index contributed by atoms with van der Waals surface area (Å²) >= 11 is 1.55. The van der Waals surface area contributed by atoms with Gasteiger partial charge in [0, 0.05) is 24.7 Å². The van der Waals surface area contributed by atoms with Crippen LogP contribution in [0.1, 0.15) is 28.1 Å². The molecule has 1 N–H and O–H groups in total. The second kappa shape index (κ2) is 6.63. The number of nitrogens with zero attached hydrogens (tertiary/aromatic N) is 1. The van der Waals surface area contributed by atoms with Crippen LogP contribution >= 0.6 is 11.3 Å². The highest BCUT2D eigenvalue weighted by Gasteiger charge is 2.25. The molecule has 0 radical (unpaired) electrons. The molecule has 0 bridgehead atoms. The fourth-order valence-corrected chi connectivity index (χ4v) is 3.83. The van der Waals surface area contributed by atoms with Gasteiger partial charge in [0.25, 0.3) is 5.91 Å². The first-order valence-corrected chi connectivity index (χ1v) is 8.68. The number of carbonyl (C=O) groups excluding carboxylic acids is 1. The summed E-state index contributed by atoms with van der Waals surface area (Å²) in [6, 6.07) is 11.0. The molecule has 2 heterocycles. The number of thiophene rings is 1. The third kappa shape index (κ3) is 3.08. The Bertz CT molecular complexity index is 639. The predicted molar refractivity (Wildman–Crippen MR) is 92.5 cm³/mol. The van der Waals surface area contributed by atoms with Crippen LogP contribution < -0.4 is 5.32 Å². The van der Waals surface area contributed by atoms with Gasteiger partial charge in [-0.1, -0.05) is 29.8 Å². The molecule has 0 aliphatic carbocycles. The number of hydrogen-bond acceptors (Lipinski definition) is 3. The highest BCUT2D eigenvalue weighted by molar-refractivity contribution is 7.12. The fourth-order valence-electron chi connectivity index (χ4n) is 2.95. The summed E-state index contributed by atoms with van der Waals surface area (Å²) < 4.78 is 0. The third-order valence-electron chi connectivity index (χ3n) is 4.41. The van der Waals surface area contributed by atoms with Crippen LogP contribution in [-0.2, 0) is 0 Å². The minimum Gasteiger partial charge on any atom is -0.338 e. The molecule has 116 valence electrons. The minimum absolute atomic E-state index is 0.181. The number of benzene rings is 1. The Morgan fingerprint density at radius 3 is 2.50 bits per heavy atom. The zero-order valence-corrected chi connectivity index (χ0v) is 14.0. The number of carbonyl (C=O) groups is 1. The first-order valence-electron chi connectivity index (χ1n) is 7.80. The Balaban J connectivity index is 1.80. The van der Waals surface area contributed by atoms with Crippen molar-refractivity contribution in [2.24, 2.45) is 0 Å². The van der Waals surface area contributed by atoms with Crippen LogP contribution in [0.2, 0.25) is 0 Å². The van der Waals surface area contributed by atoms with E-state index in [-0.39, 0.29) is 5.91 Å². The molecule has 1 saturated heterocycles. The lowest BCUT2D eigenvalue weighted by molar-refractivity contribution is 0.0713.